The Kier molecular flexibility index (Phi) is 5.90. The quantitative estimate of drug-likeness (QED) is 0.771. The third-order valence-corrected chi connectivity index (χ3v) is 4.84. The molecule has 3 nitrogen and oxygen atoms in total. The zero-order valence-electron chi connectivity index (χ0n) is 12.2. The normalized spacial score (nSPS) is 26.1. The van der Waals surface area contributed by atoms with E-state index in [-0.39, 0.29) is 5.54 Å². The molecular formula is C14H31N3. The summed E-state index contributed by atoms with van der Waals surface area (Å²) in [6, 6.07) is 0.782. The highest BCUT2D eigenvalue weighted by atomic mass is 15.2. The molecule has 2 unspecified atom stereocenters. The Labute approximate surface area is 107 Å². The van der Waals surface area contributed by atoms with Crippen LogP contribution in [-0.4, -0.2) is 55.1 Å². The standard InChI is InChI=1S/C14H31N3/c1-5-14(2,12-15)17(4)11-9-13-8-6-7-10-16(13)3/h13H,5-12,15H2,1-4H3. The lowest BCUT2D eigenvalue weighted by Crippen LogP contribution is -2.50. The van der Waals surface area contributed by atoms with E-state index in [0.29, 0.717) is 0 Å². The molecular weight excluding hydrogens is 210 g/mol. The molecule has 0 bridgehead atoms. The predicted octanol–water partition coefficient (Wildman–Crippen LogP) is 1.92. The fraction of sp³-hybridized carbons (Fsp3) is 1.00. The van der Waals surface area contributed by atoms with Crippen LogP contribution in [0.3, 0.4) is 0 Å². The van der Waals surface area contributed by atoms with Crippen LogP contribution in [0.5, 0.6) is 0 Å². The molecule has 1 aliphatic heterocycles. The topological polar surface area (TPSA) is 32.5 Å². The minimum absolute atomic E-state index is 0.174. The lowest BCUT2D eigenvalue weighted by molar-refractivity contribution is 0.107. The van der Waals surface area contributed by atoms with Gasteiger partial charge in [-0.3, -0.25) is 4.90 Å². The van der Waals surface area contributed by atoms with Crippen LogP contribution in [0, 0.1) is 0 Å². The largest absolute Gasteiger partial charge is 0.329 e. The number of piperidine rings is 1. The molecule has 0 aromatic heterocycles. The molecule has 0 aromatic rings. The summed E-state index contributed by atoms with van der Waals surface area (Å²) in [7, 11) is 4.49. The van der Waals surface area contributed by atoms with Gasteiger partial charge in [0, 0.05) is 18.1 Å². The molecule has 17 heavy (non-hydrogen) atoms. The van der Waals surface area contributed by atoms with Crippen LogP contribution in [0.1, 0.15) is 46.0 Å². The zero-order valence-corrected chi connectivity index (χ0v) is 12.2. The summed E-state index contributed by atoms with van der Waals surface area (Å²) in [5.41, 5.74) is 6.08. The lowest BCUT2D eigenvalue weighted by atomic mass is 9.95. The van der Waals surface area contributed by atoms with Gasteiger partial charge in [0.1, 0.15) is 0 Å². The third-order valence-electron chi connectivity index (χ3n) is 4.84. The lowest BCUT2D eigenvalue weighted by Gasteiger charge is -2.40. The molecule has 1 saturated heterocycles. The molecule has 0 saturated carbocycles. The summed E-state index contributed by atoms with van der Waals surface area (Å²) in [6.07, 6.45) is 6.55. The van der Waals surface area contributed by atoms with Crippen molar-refractivity contribution in [2.45, 2.75) is 57.5 Å². The van der Waals surface area contributed by atoms with E-state index >= 15 is 0 Å². The Morgan fingerprint density at radius 3 is 2.65 bits per heavy atom. The maximum absolute atomic E-state index is 5.90. The SMILES string of the molecule is CCC(C)(CN)N(C)CCC1CCCCN1C. The summed E-state index contributed by atoms with van der Waals surface area (Å²) in [5, 5.41) is 0. The number of hydrogen-bond donors (Lipinski definition) is 1. The van der Waals surface area contributed by atoms with Gasteiger partial charge in [0.2, 0.25) is 0 Å². The molecule has 1 fully saturated rings. The van der Waals surface area contributed by atoms with Crippen LogP contribution < -0.4 is 5.73 Å². The van der Waals surface area contributed by atoms with Gasteiger partial charge in [-0.15, -0.1) is 0 Å². The molecule has 2 atom stereocenters. The number of nitrogens with zero attached hydrogens (tertiary/aromatic N) is 2. The Bertz CT molecular complexity index is 214. The van der Waals surface area contributed by atoms with Crippen LogP contribution in [0.15, 0.2) is 0 Å². The van der Waals surface area contributed by atoms with Crippen LogP contribution in [0.2, 0.25) is 0 Å². The Morgan fingerprint density at radius 2 is 2.12 bits per heavy atom. The molecule has 102 valence electrons. The number of likely N-dealkylation sites (tertiary alicyclic amines) is 1. The molecule has 0 spiro atoms. The summed E-state index contributed by atoms with van der Waals surface area (Å²) in [4.78, 5) is 4.98. The van der Waals surface area contributed by atoms with Crippen molar-refractivity contribution in [3.05, 3.63) is 0 Å². The Balaban J connectivity index is 2.38. The highest BCUT2D eigenvalue weighted by molar-refractivity contribution is 4.85. The van der Waals surface area contributed by atoms with Crippen molar-refractivity contribution >= 4 is 0 Å². The minimum atomic E-state index is 0.174. The fourth-order valence-corrected chi connectivity index (χ4v) is 2.69. The van der Waals surface area contributed by atoms with Gasteiger partial charge in [-0.25, -0.2) is 0 Å². The van der Waals surface area contributed by atoms with Gasteiger partial charge in [0.05, 0.1) is 0 Å². The van der Waals surface area contributed by atoms with E-state index in [1.165, 1.54) is 32.2 Å². The molecule has 0 aromatic carbocycles. The second kappa shape index (κ2) is 6.72. The van der Waals surface area contributed by atoms with E-state index in [2.05, 4.69) is 37.7 Å². The fourth-order valence-electron chi connectivity index (χ4n) is 2.69. The zero-order chi connectivity index (χ0) is 12.9. The summed E-state index contributed by atoms with van der Waals surface area (Å²) in [6.45, 7) is 7.70. The van der Waals surface area contributed by atoms with Gasteiger partial charge in [-0.05, 0) is 59.8 Å². The van der Waals surface area contributed by atoms with Gasteiger partial charge < -0.3 is 10.6 Å². The van der Waals surface area contributed by atoms with Crippen LogP contribution >= 0.6 is 0 Å². The summed E-state index contributed by atoms with van der Waals surface area (Å²) in [5.74, 6) is 0. The van der Waals surface area contributed by atoms with Crippen molar-refractivity contribution in [1.29, 1.82) is 0 Å². The van der Waals surface area contributed by atoms with Crippen LogP contribution in [-0.2, 0) is 0 Å². The first-order valence-corrected chi connectivity index (χ1v) is 7.15. The molecule has 0 radical (unpaired) electrons. The molecule has 1 aliphatic rings. The highest BCUT2D eigenvalue weighted by Crippen LogP contribution is 2.21. The molecule has 0 aliphatic carbocycles. The summed E-state index contributed by atoms with van der Waals surface area (Å²) < 4.78 is 0. The van der Waals surface area contributed by atoms with E-state index < -0.39 is 0 Å². The molecule has 3 heteroatoms. The van der Waals surface area contributed by atoms with Crippen molar-refractivity contribution in [1.82, 2.24) is 9.80 Å². The Hall–Kier alpha value is -0.120. The monoisotopic (exact) mass is 241 g/mol. The van der Waals surface area contributed by atoms with Crippen molar-refractivity contribution in [2.75, 3.05) is 33.7 Å². The number of rotatable bonds is 6. The molecule has 0 amide bonds. The highest BCUT2D eigenvalue weighted by Gasteiger charge is 2.27. The van der Waals surface area contributed by atoms with E-state index in [1.807, 2.05) is 0 Å². The van der Waals surface area contributed by atoms with Gasteiger partial charge >= 0.3 is 0 Å². The average molecular weight is 241 g/mol. The number of likely N-dealkylation sites (N-methyl/N-ethyl adjacent to an activating group) is 1. The molecule has 1 heterocycles. The van der Waals surface area contributed by atoms with E-state index in [9.17, 15) is 0 Å². The predicted molar refractivity (Wildman–Crippen MR) is 75.3 cm³/mol. The first kappa shape index (κ1) is 14.9. The second-order valence-corrected chi connectivity index (χ2v) is 5.90. The van der Waals surface area contributed by atoms with Gasteiger partial charge in [-0.1, -0.05) is 13.3 Å². The number of nitrogens with two attached hydrogens (primary N) is 1. The second-order valence-electron chi connectivity index (χ2n) is 5.90. The maximum Gasteiger partial charge on any atom is 0.0297 e. The van der Waals surface area contributed by atoms with Crippen molar-refractivity contribution in [2.24, 2.45) is 5.73 Å². The number of hydrogen-bond acceptors (Lipinski definition) is 3. The van der Waals surface area contributed by atoms with Crippen molar-refractivity contribution in [3.8, 4) is 0 Å². The third kappa shape index (κ3) is 3.94. The smallest absolute Gasteiger partial charge is 0.0297 e. The van der Waals surface area contributed by atoms with Gasteiger partial charge in [0.25, 0.3) is 0 Å². The minimum Gasteiger partial charge on any atom is -0.329 e. The Morgan fingerprint density at radius 1 is 1.41 bits per heavy atom. The average Bonchev–Trinajstić information content (AvgIpc) is 2.36. The molecule has 1 rings (SSSR count). The van der Waals surface area contributed by atoms with E-state index in [0.717, 1.165) is 25.6 Å². The molecule has 2 N–H and O–H groups in total. The summed E-state index contributed by atoms with van der Waals surface area (Å²) >= 11 is 0. The first-order valence-electron chi connectivity index (χ1n) is 7.15. The van der Waals surface area contributed by atoms with Crippen molar-refractivity contribution in [3.63, 3.8) is 0 Å². The van der Waals surface area contributed by atoms with Crippen LogP contribution in [0.25, 0.3) is 0 Å². The van der Waals surface area contributed by atoms with E-state index in [1.54, 1.807) is 0 Å². The van der Waals surface area contributed by atoms with Gasteiger partial charge in [0.15, 0.2) is 0 Å². The van der Waals surface area contributed by atoms with Crippen molar-refractivity contribution < 1.29 is 0 Å². The van der Waals surface area contributed by atoms with Crippen LogP contribution in [0.4, 0.5) is 0 Å². The first-order chi connectivity index (χ1) is 8.03. The van der Waals surface area contributed by atoms with Gasteiger partial charge in [-0.2, -0.15) is 0 Å². The maximum atomic E-state index is 5.90. The van der Waals surface area contributed by atoms with E-state index in [4.69, 9.17) is 5.73 Å².